The van der Waals surface area contributed by atoms with E-state index in [1.54, 1.807) is 0 Å². The van der Waals surface area contributed by atoms with Crippen LogP contribution in [0.25, 0.3) is 0 Å². The summed E-state index contributed by atoms with van der Waals surface area (Å²) in [6.45, 7) is 6.33. The van der Waals surface area contributed by atoms with Crippen LogP contribution in [-0.4, -0.2) is 37.2 Å². The molecule has 3 aromatic carbocycles. The minimum absolute atomic E-state index is 0.0282. The average Bonchev–Trinajstić information content (AvgIpc) is 2.82. The Kier molecular flexibility index (Phi) is 6.76. The topological polar surface area (TPSA) is 50.8 Å². The molecular weight excluding hydrogens is 400 g/mol. The van der Waals surface area contributed by atoms with Gasteiger partial charge in [-0.15, -0.1) is 0 Å². The lowest BCUT2D eigenvalue weighted by Gasteiger charge is -2.47. The molecule has 1 amide bonds. The molecule has 166 valence electrons. The Morgan fingerprint density at radius 3 is 2.53 bits per heavy atom. The number of ether oxygens (including phenoxy) is 2. The Morgan fingerprint density at radius 2 is 1.72 bits per heavy atom. The quantitative estimate of drug-likeness (QED) is 0.481. The molecule has 5 heteroatoms. The van der Waals surface area contributed by atoms with Gasteiger partial charge >= 0.3 is 0 Å². The fourth-order valence-corrected chi connectivity index (χ4v) is 4.15. The highest BCUT2D eigenvalue weighted by Gasteiger charge is 2.42. The molecule has 1 atom stereocenters. The molecule has 0 spiro atoms. The van der Waals surface area contributed by atoms with Gasteiger partial charge in [0.15, 0.2) is 0 Å². The van der Waals surface area contributed by atoms with Gasteiger partial charge < -0.3 is 19.7 Å². The number of nitrogens with one attached hydrogen (secondary N) is 1. The van der Waals surface area contributed by atoms with Gasteiger partial charge in [0.25, 0.3) is 5.91 Å². The van der Waals surface area contributed by atoms with Crippen LogP contribution in [0, 0.1) is 0 Å². The van der Waals surface area contributed by atoms with Crippen molar-refractivity contribution in [2.24, 2.45) is 0 Å². The second kappa shape index (κ2) is 9.88. The van der Waals surface area contributed by atoms with Crippen molar-refractivity contribution in [2.75, 3.05) is 31.7 Å². The summed E-state index contributed by atoms with van der Waals surface area (Å²) < 4.78 is 11.3. The van der Waals surface area contributed by atoms with Crippen molar-refractivity contribution >= 4 is 11.6 Å². The number of carbonyl (C=O) groups is 1. The van der Waals surface area contributed by atoms with Crippen LogP contribution >= 0.6 is 0 Å². The number of para-hydroxylation sites is 1. The predicted molar refractivity (Wildman–Crippen MR) is 127 cm³/mol. The molecule has 1 aliphatic rings. The summed E-state index contributed by atoms with van der Waals surface area (Å²) in [5.41, 5.74) is 3.01. The zero-order valence-electron chi connectivity index (χ0n) is 18.7. The number of rotatable bonds is 9. The van der Waals surface area contributed by atoms with Gasteiger partial charge in [0.2, 0.25) is 0 Å². The van der Waals surface area contributed by atoms with E-state index in [-0.39, 0.29) is 5.91 Å². The Labute approximate surface area is 190 Å². The van der Waals surface area contributed by atoms with E-state index in [0.29, 0.717) is 31.9 Å². The second-order valence-corrected chi connectivity index (χ2v) is 8.01. The van der Waals surface area contributed by atoms with Gasteiger partial charge in [-0.3, -0.25) is 4.79 Å². The number of nitrogens with zero attached hydrogens (tertiary/aromatic N) is 1. The predicted octanol–water partition coefficient (Wildman–Crippen LogP) is 5.09. The van der Waals surface area contributed by atoms with E-state index in [1.165, 1.54) is 5.56 Å². The Balaban J connectivity index is 1.64. The molecule has 0 aromatic heterocycles. The SMILES string of the molecule is CCOCCOc1cccc(C2(C)Nc3ccccc3C(=O)N2CCc2ccccc2)c1. The first-order valence-electron chi connectivity index (χ1n) is 11.2. The molecule has 1 heterocycles. The fourth-order valence-electron chi connectivity index (χ4n) is 4.15. The van der Waals surface area contributed by atoms with Gasteiger partial charge in [0.05, 0.1) is 12.2 Å². The van der Waals surface area contributed by atoms with E-state index in [9.17, 15) is 4.79 Å². The minimum Gasteiger partial charge on any atom is -0.491 e. The largest absolute Gasteiger partial charge is 0.491 e. The Morgan fingerprint density at radius 1 is 0.938 bits per heavy atom. The molecule has 0 saturated heterocycles. The van der Waals surface area contributed by atoms with Crippen molar-refractivity contribution in [1.29, 1.82) is 0 Å². The van der Waals surface area contributed by atoms with Crippen LogP contribution < -0.4 is 10.1 Å². The van der Waals surface area contributed by atoms with Crippen LogP contribution in [0.4, 0.5) is 5.69 Å². The molecule has 0 fully saturated rings. The van der Waals surface area contributed by atoms with Crippen molar-refractivity contribution < 1.29 is 14.3 Å². The maximum absolute atomic E-state index is 13.6. The van der Waals surface area contributed by atoms with Crippen LogP contribution in [0.2, 0.25) is 0 Å². The van der Waals surface area contributed by atoms with Crippen LogP contribution in [0.5, 0.6) is 5.75 Å². The molecule has 0 aliphatic carbocycles. The highest BCUT2D eigenvalue weighted by Crippen LogP contribution is 2.38. The number of benzene rings is 3. The Hall–Kier alpha value is -3.31. The lowest BCUT2D eigenvalue weighted by atomic mass is 9.93. The van der Waals surface area contributed by atoms with E-state index in [1.807, 2.05) is 78.6 Å². The molecule has 1 N–H and O–H groups in total. The highest BCUT2D eigenvalue weighted by atomic mass is 16.5. The molecular formula is C27H30N2O3. The average molecular weight is 431 g/mol. The van der Waals surface area contributed by atoms with E-state index in [4.69, 9.17) is 9.47 Å². The van der Waals surface area contributed by atoms with Crippen molar-refractivity contribution in [3.8, 4) is 5.75 Å². The third-order valence-electron chi connectivity index (χ3n) is 5.88. The van der Waals surface area contributed by atoms with Crippen molar-refractivity contribution in [3.63, 3.8) is 0 Å². The third-order valence-corrected chi connectivity index (χ3v) is 5.88. The number of hydrogen-bond acceptors (Lipinski definition) is 4. The summed E-state index contributed by atoms with van der Waals surface area (Å²) in [5, 5.41) is 3.63. The van der Waals surface area contributed by atoms with Gasteiger partial charge in [0.1, 0.15) is 18.0 Å². The van der Waals surface area contributed by atoms with Crippen molar-refractivity contribution in [2.45, 2.75) is 25.9 Å². The lowest BCUT2D eigenvalue weighted by Crippen LogP contribution is -2.56. The minimum atomic E-state index is -0.709. The van der Waals surface area contributed by atoms with Gasteiger partial charge in [-0.1, -0.05) is 54.6 Å². The van der Waals surface area contributed by atoms with Crippen LogP contribution in [0.3, 0.4) is 0 Å². The summed E-state index contributed by atoms with van der Waals surface area (Å²) in [5.74, 6) is 0.792. The van der Waals surface area contributed by atoms with Crippen LogP contribution in [0.1, 0.15) is 35.3 Å². The first kappa shape index (κ1) is 21.9. The summed E-state index contributed by atoms with van der Waals surface area (Å²) in [4.78, 5) is 15.5. The molecule has 5 nitrogen and oxygen atoms in total. The monoisotopic (exact) mass is 430 g/mol. The number of fused-ring (bicyclic) bond motifs is 1. The summed E-state index contributed by atoms with van der Waals surface area (Å²) >= 11 is 0. The first-order valence-corrected chi connectivity index (χ1v) is 11.2. The van der Waals surface area contributed by atoms with Gasteiger partial charge in [-0.2, -0.15) is 0 Å². The number of carbonyl (C=O) groups excluding carboxylic acids is 1. The second-order valence-electron chi connectivity index (χ2n) is 8.01. The van der Waals surface area contributed by atoms with Gasteiger partial charge in [0, 0.05) is 24.4 Å². The first-order chi connectivity index (χ1) is 15.6. The van der Waals surface area contributed by atoms with Crippen LogP contribution in [0.15, 0.2) is 78.9 Å². The van der Waals surface area contributed by atoms with E-state index in [0.717, 1.165) is 23.4 Å². The number of anilines is 1. The fraction of sp³-hybridized carbons (Fsp3) is 0.296. The molecule has 1 unspecified atom stereocenters. The normalized spacial score (nSPS) is 17.6. The lowest BCUT2D eigenvalue weighted by molar-refractivity contribution is 0.0538. The van der Waals surface area contributed by atoms with E-state index < -0.39 is 5.66 Å². The number of amides is 1. The molecule has 0 saturated carbocycles. The molecule has 32 heavy (non-hydrogen) atoms. The third kappa shape index (κ3) is 4.63. The summed E-state index contributed by atoms with van der Waals surface area (Å²) in [7, 11) is 0. The van der Waals surface area contributed by atoms with Crippen molar-refractivity contribution in [3.05, 3.63) is 95.6 Å². The van der Waals surface area contributed by atoms with Gasteiger partial charge in [-0.05, 0) is 50.1 Å². The molecule has 0 bridgehead atoms. The number of hydrogen-bond donors (Lipinski definition) is 1. The molecule has 4 rings (SSSR count). The standard InChI is InChI=1S/C27H30N2O3/c1-3-31-18-19-32-23-13-9-12-22(20-23)27(2)28-25-15-8-7-14-24(25)26(30)29(27)17-16-21-10-5-4-6-11-21/h4-15,20,28H,3,16-19H2,1-2H3. The van der Waals surface area contributed by atoms with E-state index >= 15 is 0 Å². The van der Waals surface area contributed by atoms with Crippen LogP contribution in [-0.2, 0) is 16.8 Å². The molecule has 1 aliphatic heterocycles. The van der Waals surface area contributed by atoms with Gasteiger partial charge in [-0.25, -0.2) is 0 Å². The maximum Gasteiger partial charge on any atom is 0.258 e. The molecule has 3 aromatic rings. The summed E-state index contributed by atoms with van der Waals surface area (Å²) in [6, 6.07) is 25.9. The van der Waals surface area contributed by atoms with Crippen molar-refractivity contribution in [1.82, 2.24) is 4.90 Å². The highest BCUT2D eigenvalue weighted by molar-refractivity contribution is 6.02. The molecule has 0 radical (unpaired) electrons. The zero-order valence-corrected chi connectivity index (χ0v) is 18.7. The zero-order chi connectivity index (χ0) is 22.4. The Bertz CT molecular complexity index is 1050. The maximum atomic E-state index is 13.6. The smallest absolute Gasteiger partial charge is 0.258 e. The van der Waals surface area contributed by atoms with E-state index in [2.05, 4.69) is 24.4 Å². The summed E-state index contributed by atoms with van der Waals surface area (Å²) in [6.07, 6.45) is 0.774.